The molecule has 0 saturated heterocycles. The number of hydrogen-bond acceptors (Lipinski definition) is 6. The highest BCUT2D eigenvalue weighted by Gasteiger charge is 2.23. The summed E-state index contributed by atoms with van der Waals surface area (Å²) < 4.78 is 0. The third kappa shape index (κ3) is 8.32. The molecule has 0 saturated carbocycles. The van der Waals surface area contributed by atoms with Crippen LogP contribution >= 0.6 is 11.3 Å². The predicted octanol–water partition coefficient (Wildman–Crippen LogP) is 4.52. The van der Waals surface area contributed by atoms with Gasteiger partial charge in [-0.1, -0.05) is 66.2 Å². The van der Waals surface area contributed by atoms with Gasteiger partial charge in [0.25, 0.3) is 11.8 Å². The van der Waals surface area contributed by atoms with Crippen molar-refractivity contribution < 1.29 is 14.7 Å². The summed E-state index contributed by atoms with van der Waals surface area (Å²) in [6, 6.07) is 24.1. The van der Waals surface area contributed by atoms with E-state index in [2.05, 4.69) is 21.7 Å². The maximum atomic E-state index is 13.3. The minimum absolute atomic E-state index is 0.191. The molecule has 40 heavy (non-hydrogen) atoms. The Hall–Kier alpha value is -3.85. The molecule has 3 N–H and O–H groups in total. The minimum atomic E-state index is -0.827. The van der Waals surface area contributed by atoms with E-state index in [1.54, 1.807) is 36.2 Å². The molecule has 3 aromatic carbocycles. The number of thiazole rings is 1. The molecule has 2 amide bonds. The van der Waals surface area contributed by atoms with E-state index >= 15 is 0 Å². The first kappa shape index (κ1) is 29.1. The summed E-state index contributed by atoms with van der Waals surface area (Å²) >= 11 is 1.52. The van der Waals surface area contributed by atoms with Crippen LogP contribution in [-0.2, 0) is 19.5 Å². The van der Waals surface area contributed by atoms with Crippen LogP contribution in [0.15, 0.2) is 84.2 Å². The lowest BCUT2D eigenvalue weighted by molar-refractivity contribution is 0.0784. The molecular weight excluding hydrogens is 520 g/mol. The zero-order valence-corrected chi connectivity index (χ0v) is 23.9. The number of carbonyl (C=O) groups excluding carboxylic acids is 2. The quantitative estimate of drug-likeness (QED) is 0.239. The molecular formula is C32H36N4O3S. The maximum Gasteiger partial charge on any atom is 0.253 e. The van der Waals surface area contributed by atoms with Gasteiger partial charge in [0.15, 0.2) is 0 Å². The Labute approximate surface area is 239 Å². The van der Waals surface area contributed by atoms with Crippen molar-refractivity contribution in [1.29, 1.82) is 0 Å². The van der Waals surface area contributed by atoms with E-state index in [4.69, 9.17) is 0 Å². The molecule has 0 bridgehead atoms. The number of nitrogens with zero attached hydrogens (tertiary/aromatic N) is 2. The summed E-state index contributed by atoms with van der Waals surface area (Å²) in [6.45, 7) is 5.29. The third-order valence-corrected chi connectivity index (χ3v) is 7.55. The molecule has 0 aliphatic rings. The summed E-state index contributed by atoms with van der Waals surface area (Å²) in [4.78, 5) is 32.5. The van der Waals surface area contributed by atoms with E-state index in [9.17, 15) is 14.7 Å². The Balaban J connectivity index is 1.42. The van der Waals surface area contributed by atoms with Gasteiger partial charge in [-0.25, -0.2) is 4.98 Å². The Kier molecular flexibility index (Phi) is 10.2. The second kappa shape index (κ2) is 14.0. The summed E-state index contributed by atoms with van der Waals surface area (Å²) in [5, 5.41) is 20.3. The lowest BCUT2D eigenvalue weighted by atomic mass is 10.00. The molecule has 0 aliphatic heterocycles. The zero-order chi connectivity index (χ0) is 28.5. The molecule has 0 aliphatic carbocycles. The number of aryl methyl sites for hydroxylation is 2. The molecule has 0 fully saturated rings. The van der Waals surface area contributed by atoms with Gasteiger partial charge < -0.3 is 20.6 Å². The van der Waals surface area contributed by atoms with Crippen molar-refractivity contribution in [2.75, 3.05) is 13.6 Å². The van der Waals surface area contributed by atoms with Crippen LogP contribution in [0.2, 0.25) is 0 Å². The summed E-state index contributed by atoms with van der Waals surface area (Å²) in [6.07, 6.45) is -0.360. The standard InChI is InChI=1S/C32H36N4O3S/c1-22-9-7-12-25(15-22)18-33-19-29(37)28(16-24-10-5-4-6-11-24)35-31(38)26-13-8-14-27(17-26)32(39)36(3)20-30-34-23(2)21-40-30/h4-15,17,21,28-29,33,37H,16,18-20H2,1-3H3,(H,35,38). The van der Waals surface area contributed by atoms with Crippen molar-refractivity contribution >= 4 is 23.2 Å². The number of aliphatic hydroxyl groups excluding tert-OH is 1. The van der Waals surface area contributed by atoms with Gasteiger partial charge >= 0.3 is 0 Å². The Morgan fingerprint density at radius 2 is 1.68 bits per heavy atom. The van der Waals surface area contributed by atoms with Crippen molar-refractivity contribution in [2.24, 2.45) is 0 Å². The van der Waals surface area contributed by atoms with Crippen LogP contribution in [0, 0.1) is 13.8 Å². The lowest BCUT2D eigenvalue weighted by Gasteiger charge is -2.25. The molecule has 1 aromatic heterocycles. The fourth-order valence-corrected chi connectivity index (χ4v) is 5.32. The maximum absolute atomic E-state index is 13.3. The van der Waals surface area contributed by atoms with Crippen LogP contribution < -0.4 is 10.6 Å². The van der Waals surface area contributed by atoms with Crippen molar-refractivity contribution in [3.05, 3.63) is 123 Å². The highest BCUT2D eigenvalue weighted by molar-refractivity contribution is 7.09. The molecule has 4 rings (SSSR count). The van der Waals surface area contributed by atoms with E-state index in [0.717, 1.165) is 21.8 Å². The van der Waals surface area contributed by atoms with Crippen molar-refractivity contribution in [3.8, 4) is 0 Å². The Morgan fingerprint density at radius 3 is 2.40 bits per heavy atom. The molecule has 7 nitrogen and oxygen atoms in total. The SMILES string of the molecule is Cc1cccc(CNCC(O)C(Cc2ccccc2)NC(=O)c2cccc(C(=O)N(C)Cc3nc(C)cs3)c2)c1. The second-order valence-corrected chi connectivity index (χ2v) is 11.0. The number of amides is 2. The van der Waals surface area contributed by atoms with Gasteiger partial charge in [0.1, 0.15) is 5.01 Å². The summed E-state index contributed by atoms with van der Waals surface area (Å²) in [5.74, 6) is -0.532. The molecule has 208 valence electrons. The molecule has 2 unspecified atom stereocenters. The third-order valence-electron chi connectivity index (χ3n) is 6.60. The molecule has 2 atom stereocenters. The van der Waals surface area contributed by atoms with Crippen LogP contribution in [0.5, 0.6) is 0 Å². The van der Waals surface area contributed by atoms with Crippen molar-refractivity contribution in [1.82, 2.24) is 20.5 Å². The first-order chi connectivity index (χ1) is 19.3. The largest absolute Gasteiger partial charge is 0.390 e. The van der Waals surface area contributed by atoms with E-state index in [-0.39, 0.29) is 11.8 Å². The predicted molar refractivity (Wildman–Crippen MR) is 159 cm³/mol. The van der Waals surface area contributed by atoms with Gasteiger partial charge in [-0.15, -0.1) is 11.3 Å². The average Bonchev–Trinajstić information content (AvgIpc) is 3.37. The van der Waals surface area contributed by atoms with Gasteiger partial charge in [0, 0.05) is 42.3 Å². The van der Waals surface area contributed by atoms with E-state index in [1.165, 1.54) is 16.9 Å². The first-order valence-corrected chi connectivity index (χ1v) is 14.2. The lowest BCUT2D eigenvalue weighted by Crippen LogP contribution is -2.48. The van der Waals surface area contributed by atoms with Crippen LogP contribution in [0.1, 0.15) is 48.1 Å². The van der Waals surface area contributed by atoms with Gasteiger partial charge in [-0.05, 0) is 49.6 Å². The van der Waals surface area contributed by atoms with Crippen LogP contribution in [0.4, 0.5) is 0 Å². The van der Waals surface area contributed by atoms with E-state index in [0.29, 0.717) is 37.2 Å². The average molecular weight is 557 g/mol. The molecule has 0 spiro atoms. The van der Waals surface area contributed by atoms with Gasteiger partial charge in [-0.2, -0.15) is 0 Å². The first-order valence-electron chi connectivity index (χ1n) is 13.3. The molecule has 4 aromatic rings. The normalized spacial score (nSPS) is 12.5. The molecule has 0 radical (unpaired) electrons. The topological polar surface area (TPSA) is 94.6 Å². The number of rotatable bonds is 12. The van der Waals surface area contributed by atoms with Gasteiger partial charge in [-0.3, -0.25) is 9.59 Å². The highest BCUT2D eigenvalue weighted by Crippen LogP contribution is 2.15. The van der Waals surface area contributed by atoms with E-state index < -0.39 is 12.1 Å². The van der Waals surface area contributed by atoms with Crippen molar-refractivity contribution in [2.45, 2.75) is 45.5 Å². The number of hydrogen-bond donors (Lipinski definition) is 3. The number of carbonyl (C=O) groups is 2. The monoisotopic (exact) mass is 556 g/mol. The number of aromatic nitrogens is 1. The van der Waals surface area contributed by atoms with Crippen LogP contribution in [-0.4, -0.2) is 52.5 Å². The van der Waals surface area contributed by atoms with Crippen LogP contribution in [0.3, 0.4) is 0 Å². The van der Waals surface area contributed by atoms with Crippen molar-refractivity contribution in [3.63, 3.8) is 0 Å². The molecule has 8 heteroatoms. The molecule has 1 heterocycles. The summed E-state index contributed by atoms with van der Waals surface area (Å²) in [7, 11) is 1.72. The smallest absolute Gasteiger partial charge is 0.253 e. The van der Waals surface area contributed by atoms with Gasteiger partial charge in [0.2, 0.25) is 0 Å². The fraction of sp³-hybridized carbons (Fsp3) is 0.281. The zero-order valence-electron chi connectivity index (χ0n) is 23.1. The van der Waals surface area contributed by atoms with E-state index in [1.807, 2.05) is 67.8 Å². The Morgan fingerprint density at radius 1 is 0.950 bits per heavy atom. The Bertz CT molecular complexity index is 1420. The second-order valence-electron chi connectivity index (χ2n) is 10.1. The van der Waals surface area contributed by atoms with Crippen LogP contribution in [0.25, 0.3) is 0 Å². The summed E-state index contributed by atoms with van der Waals surface area (Å²) in [5.41, 5.74) is 5.03. The minimum Gasteiger partial charge on any atom is -0.390 e. The number of nitrogens with one attached hydrogen (secondary N) is 2. The highest BCUT2D eigenvalue weighted by atomic mass is 32.1. The fourth-order valence-electron chi connectivity index (χ4n) is 4.50. The number of benzene rings is 3. The number of aliphatic hydroxyl groups is 1. The van der Waals surface area contributed by atoms with Gasteiger partial charge in [0.05, 0.1) is 18.7 Å².